The third-order valence-corrected chi connectivity index (χ3v) is 5.44. The molecule has 0 amide bonds. The summed E-state index contributed by atoms with van der Waals surface area (Å²) >= 11 is 0. The summed E-state index contributed by atoms with van der Waals surface area (Å²) in [6, 6.07) is 3.45. The second-order valence-corrected chi connectivity index (χ2v) is 7.55. The Morgan fingerprint density at radius 1 is 1.00 bits per heavy atom. The summed E-state index contributed by atoms with van der Waals surface area (Å²) in [7, 11) is -3.40. The van der Waals surface area contributed by atoms with Crippen molar-refractivity contribution in [3.8, 4) is 0 Å². The van der Waals surface area contributed by atoms with Gasteiger partial charge in [-0.05, 0) is 24.6 Å². The first-order valence-electron chi connectivity index (χ1n) is 7.75. The molecule has 0 aliphatic carbocycles. The number of nitrogens with two attached hydrogens (primary N) is 1. The van der Waals surface area contributed by atoms with Crippen LogP contribution < -0.4 is 5.73 Å². The van der Waals surface area contributed by atoms with E-state index in [1.807, 2.05) is 0 Å². The molecular weight excluding hydrogens is 289 g/mol. The van der Waals surface area contributed by atoms with Gasteiger partial charge in [-0.2, -0.15) is 0 Å². The van der Waals surface area contributed by atoms with Crippen LogP contribution in [0.2, 0.25) is 0 Å². The predicted octanol–water partition coefficient (Wildman–Crippen LogP) is 4.32. The first-order valence-corrected chi connectivity index (χ1v) is 9.40. The molecule has 0 bridgehead atoms. The number of anilines is 1. The van der Waals surface area contributed by atoms with Gasteiger partial charge >= 0.3 is 0 Å². The van der Waals surface area contributed by atoms with Crippen LogP contribution in [0, 0.1) is 5.82 Å². The highest BCUT2D eigenvalue weighted by atomic mass is 32.2. The second kappa shape index (κ2) is 9.03. The van der Waals surface area contributed by atoms with E-state index in [4.69, 9.17) is 5.73 Å². The Balaban J connectivity index is 2.33. The Bertz CT molecular complexity index is 529. The zero-order chi connectivity index (χ0) is 15.7. The van der Waals surface area contributed by atoms with Crippen molar-refractivity contribution in [1.29, 1.82) is 0 Å². The highest BCUT2D eigenvalue weighted by Crippen LogP contribution is 2.21. The molecule has 0 heterocycles. The van der Waals surface area contributed by atoms with Gasteiger partial charge in [0, 0.05) is 0 Å². The van der Waals surface area contributed by atoms with Gasteiger partial charge in [0.2, 0.25) is 0 Å². The monoisotopic (exact) mass is 315 g/mol. The fourth-order valence-electron chi connectivity index (χ4n) is 2.34. The number of nitrogen functional groups attached to an aromatic ring is 1. The first kappa shape index (κ1) is 18.0. The molecule has 0 spiro atoms. The Morgan fingerprint density at radius 3 is 2.14 bits per heavy atom. The zero-order valence-electron chi connectivity index (χ0n) is 12.8. The average Bonchev–Trinajstić information content (AvgIpc) is 2.41. The van der Waals surface area contributed by atoms with Gasteiger partial charge in [0.1, 0.15) is 5.82 Å². The minimum atomic E-state index is -3.40. The van der Waals surface area contributed by atoms with E-state index < -0.39 is 15.7 Å². The molecule has 120 valence electrons. The van der Waals surface area contributed by atoms with Crippen LogP contribution in [0.3, 0.4) is 0 Å². The van der Waals surface area contributed by atoms with E-state index in [2.05, 4.69) is 6.92 Å². The van der Waals surface area contributed by atoms with E-state index in [1.165, 1.54) is 38.2 Å². The summed E-state index contributed by atoms with van der Waals surface area (Å²) in [4.78, 5) is 0.0480. The maximum absolute atomic E-state index is 12.9. The Morgan fingerprint density at radius 2 is 1.57 bits per heavy atom. The molecule has 0 radical (unpaired) electrons. The van der Waals surface area contributed by atoms with E-state index in [9.17, 15) is 12.8 Å². The molecule has 3 nitrogen and oxygen atoms in total. The van der Waals surface area contributed by atoms with Crippen LogP contribution in [0.4, 0.5) is 10.1 Å². The van der Waals surface area contributed by atoms with Crippen LogP contribution in [0.5, 0.6) is 0 Å². The molecule has 0 fully saturated rings. The zero-order valence-corrected chi connectivity index (χ0v) is 13.6. The fourth-order valence-corrected chi connectivity index (χ4v) is 3.84. The number of hydrogen-bond donors (Lipinski definition) is 1. The number of unbranched alkanes of at least 4 members (excludes halogenated alkanes) is 7. The van der Waals surface area contributed by atoms with Crippen LogP contribution in [0.15, 0.2) is 23.1 Å². The molecule has 5 heteroatoms. The molecule has 0 saturated heterocycles. The molecule has 0 saturated carbocycles. The van der Waals surface area contributed by atoms with Gasteiger partial charge in [-0.3, -0.25) is 0 Å². The van der Waals surface area contributed by atoms with Crippen LogP contribution in [-0.2, 0) is 9.84 Å². The van der Waals surface area contributed by atoms with Gasteiger partial charge in [0.05, 0.1) is 16.3 Å². The van der Waals surface area contributed by atoms with Crippen molar-refractivity contribution in [3.63, 3.8) is 0 Å². The summed E-state index contributed by atoms with van der Waals surface area (Å²) in [5.41, 5.74) is 5.58. The molecule has 0 aromatic heterocycles. The fraction of sp³-hybridized carbons (Fsp3) is 0.625. The van der Waals surface area contributed by atoms with Crippen LogP contribution >= 0.6 is 0 Å². The number of sulfone groups is 1. The molecule has 0 aliphatic rings. The molecule has 0 aliphatic heterocycles. The van der Waals surface area contributed by atoms with Crippen LogP contribution in [0.1, 0.15) is 58.3 Å². The molecule has 21 heavy (non-hydrogen) atoms. The molecule has 0 unspecified atom stereocenters. The summed E-state index contributed by atoms with van der Waals surface area (Å²) in [6.07, 6.45) is 8.78. The van der Waals surface area contributed by atoms with Crippen molar-refractivity contribution in [1.82, 2.24) is 0 Å². The standard InChI is InChI=1S/C16H26FNO2S/c1-2-3-4-5-6-7-8-9-12-21(19,20)16-11-10-14(17)13-15(16)18/h10-11,13H,2-9,12,18H2,1H3. The number of benzene rings is 1. The molecule has 2 N–H and O–H groups in total. The molecule has 0 atom stereocenters. The summed E-state index contributed by atoms with van der Waals surface area (Å²) in [5, 5.41) is 0. The quantitative estimate of drug-likeness (QED) is 0.397. The van der Waals surface area contributed by atoms with Crippen molar-refractivity contribution < 1.29 is 12.8 Å². The van der Waals surface area contributed by atoms with Gasteiger partial charge in [0.25, 0.3) is 0 Å². The third-order valence-electron chi connectivity index (χ3n) is 3.57. The van der Waals surface area contributed by atoms with Crippen molar-refractivity contribution in [3.05, 3.63) is 24.0 Å². The van der Waals surface area contributed by atoms with Crippen LogP contribution in [-0.4, -0.2) is 14.2 Å². The maximum atomic E-state index is 12.9. The molecule has 1 rings (SSSR count). The molecule has 1 aromatic rings. The van der Waals surface area contributed by atoms with Gasteiger partial charge in [-0.1, -0.05) is 51.9 Å². The number of halogens is 1. The highest BCUT2D eigenvalue weighted by molar-refractivity contribution is 7.91. The Kier molecular flexibility index (Phi) is 7.72. The molecular formula is C16H26FNO2S. The van der Waals surface area contributed by atoms with Crippen molar-refractivity contribution in [2.45, 2.75) is 63.2 Å². The van der Waals surface area contributed by atoms with Crippen molar-refractivity contribution in [2.24, 2.45) is 0 Å². The van der Waals surface area contributed by atoms with Gasteiger partial charge < -0.3 is 5.73 Å². The summed E-state index contributed by atoms with van der Waals surface area (Å²) in [5.74, 6) is -0.434. The maximum Gasteiger partial charge on any atom is 0.180 e. The lowest BCUT2D eigenvalue weighted by Gasteiger charge is -2.07. The Hall–Kier alpha value is -1.10. The molecule has 1 aromatic carbocycles. The second-order valence-electron chi connectivity index (χ2n) is 5.48. The summed E-state index contributed by atoms with van der Waals surface area (Å²) in [6.45, 7) is 2.19. The van der Waals surface area contributed by atoms with Gasteiger partial charge in [-0.15, -0.1) is 0 Å². The highest BCUT2D eigenvalue weighted by Gasteiger charge is 2.17. The number of rotatable bonds is 10. The third kappa shape index (κ3) is 6.46. The first-order chi connectivity index (χ1) is 9.97. The van der Waals surface area contributed by atoms with E-state index in [0.29, 0.717) is 6.42 Å². The minimum absolute atomic E-state index is 0.00503. The van der Waals surface area contributed by atoms with Gasteiger partial charge in [0.15, 0.2) is 9.84 Å². The Labute approximate surface area is 127 Å². The van der Waals surface area contributed by atoms with Crippen LogP contribution in [0.25, 0.3) is 0 Å². The lowest BCUT2D eigenvalue weighted by Crippen LogP contribution is -2.09. The normalized spacial score (nSPS) is 11.7. The lowest BCUT2D eigenvalue weighted by atomic mass is 10.1. The van der Waals surface area contributed by atoms with Crippen molar-refractivity contribution in [2.75, 3.05) is 11.5 Å². The predicted molar refractivity (Wildman–Crippen MR) is 85.5 cm³/mol. The van der Waals surface area contributed by atoms with E-state index in [0.717, 1.165) is 25.0 Å². The van der Waals surface area contributed by atoms with Crippen molar-refractivity contribution >= 4 is 15.5 Å². The minimum Gasteiger partial charge on any atom is -0.398 e. The summed E-state index contributed by atoms with van der Waals surface area (Å²) < 4.78 is 37.2. The average molecular weight is 315 g/mol. The number of hydrogen-bond acceptors (Lipinski definition) is 3. The lowest BCUT2D eigenvalue weighted by molar-refractivity contribution is 0.572. The SMILES string of the molecule is CCCCCCCCCCS(=O)(=O)c1ccc(F)cc1N. The van der Waals surface area contributed by atoms with E-state index >= 15 is 0 Å². The topological polar surface area (TPSA) is 60.2 Å². The van der Waals surface area contributed by atoms with E-state index in [-0.39, 0.29) is 16.3 Å². The largest absolute Gasteiger partial charge is 0.398 e. The van der Waals surface area contributed by atoms with E-state index in [1.54, 1.807) is 0 Å². The smallest absolute Gasteiger partial charge is 0.180 e. The van der Waals surface area contributed by atoms with Gasteiger partial charge in [-0.25, -0.2) is 12.8 Å².